The van der Waals surface area contributed by atoms with E-state index in [1.165, 1.54) is 45.2 Å². The summed E-state index contributed by atoms with van der Waals surface area (Å²) in [7, 11) is 4.68. The van der Waals surface area contributed by atoms with Gasteiger partial charge in [-0.3, -0.25) is 9.80 Å². The highest BCUT2D eigenvalue weighted by molar-refractivity contribution is 5.37. The molecule has 0 radical (unpaired) electrons. The summed E-state index contributed by atoms with van der Waals surface area (Å²) in [6, 6.07) is 19.4. The Morgan fingerprint density at radius 1 is 0.815 bits per heavy atom. The maximum absolute atomic E-state index is 2.63. The van der Waals surface area contributed by atoms with E-state index in [4.69, 9.17) is 0 Å². The molecule has 0 amide bonds. The predicted octanol–water partition coefficient (Wildman–Crippen LogP) is 5.25. The smallest absolute Gasteiger partial charge is 0.0394 e. The standard InChI is InChI=1S/C25H34N2/c1-4-5-12-23(24-21-13-8-6-10-19(21)15-17-26(24)2)25-22-14-9-7-11-20(22)16-18-27(25)3/h6-11,13-14,23-25H,4-5,12,15-18H2,1-3H3. The van der Waals surface area contributed by atoms with E-state index in [1.54, 1.807) is 22.3 Å². The van der Waals surface area contributed by atoms with Crippen LogP contribution in [0.2, 0.25) is 0 Å². The van der Waals surface area contributed by atoms with Crippen molar-refractivity contribution in [1.29, 1.82) is 0 Å². The number of likely N-dealkylation sites (N-methyl/N-ethyl adjacent to an activating group) is 2. The summed E-state index contributed by atoms with van der Waals surface area (Å²) < 4.78 is 0. The Kier molecular flexibility index (Phi) is 5.66. The number of hydrogen-bond acceptors (Lipinski definition) is 2. The third-order valence-electron chi connectivity index (χ3n) is 6.87. The van der Waals surface area contributed by atoms with Gasteiger partial charge in [0.15, 0.2) is 0 Å². The molecule has 0 saturated carbocycles. The molecule has 0 fully saturated rings. The number of rotatable bonds is 5. The molecule has 4 rings (SSSR count). The minimum absolute atomic E-state index is 0.514. The third kappa shape index (κ3) is 3.58. The molecule has 0 bridgehead atoms. The summed E-state index contributed by atoms with van der Waals surface area (Å²) in [4.78, 5) is 5.27. The average molecular weight is 363 g/mol. The van der Waals surface area contributed by atoms with Crippen molar-refractivity contribution in [3.63, 3.8) is 0 Å². The first-order chi connectivity index (χ1) is 13.2. The predicted molar refractivity (Wildman–Crippen MR) is 114 cm³/mol. The van der Waals surface area contributed by atoms with E-state index >= 15 is 0 Å². The number of benzene rings is 2. The van der Waals surface area contributed by atoms with E-state index in [0.717, 1.165) is 0 Å². The monoisotopic (exact) mass is 362 g/mol. The quantitative estimate of drug-likeness (QED) is 0.716. The van der Waals surface area contributed by atoms with Gasteiger partial charge in [-0.25, -0.2) is 0 Å². The van der Waals surface area contributed by atoms with E-state index in [0.29, 0.717) is 18.0 Å². The molecule has 2 nitrogen and oxygen atoms in total. The molecule has 0 spiro atoms. The highest BCUT2D eigenvalue weighted by Crippen LogP contribution is 2.46. The van der Waals surface area contributed by atoms with Crippen molar-refractivity contribution in [2.75, 3.05) is 27.2 Å². The van der Waals surface area contributed by atoms with Gasteiger partial charge in [-0.05, 0) is 61.5 Å². The first kappa shape index (κ1) is 18.7. The molecule has 27 heavy (non-hydrogen) atoms. The summed E-state index contributed by atoms with van der Waals surface area (Å²) >= 11 is 0. The van der Waals surface area contributed by atoms with Crippen molar-refractivity contribution in [2.24, 2.45) is 5.92 Å². The summed E-state index contributed by atoms with van der Waals surface area (Å²) in [6.07, 6.45) is 6.24. The Balaban J connectivity index is 1.78. The van der Waals surface area contributed by atoms with Gasteiger partial charge in [0, 0.05) is 25.2 Å². The minimum atomic E-state index is 0.514. The van der Waals surface area contributed by atoms with Crippen molar-refractivity contribution in [3.8, 4) is 0 Å². The van der Waals surface area contributed by atoms with Gasteiger partial charge in [0.25, 0.3) is 0 Å². The fourth-order valence-corrected chi connectivity index (χ4v) is 5.49. The van der Waals surface area contributed by atoms with Gasteiger partial charge in [-0.1, -0.05) is 68.3 Å². The van der Waals surface area contributed by atoms with Crippen LogP contribution in [0.25, 0.3) is 0 Å². The SMILES string of the molecule is CCCCC(C1c2ccccc2CCN1C)C1c2ccccc2CCN1C. The molecule has 2 atom stereocenters. The molecule has 2 heteroatoms. The van der Waals surface area contributed by atoms with Gasteiger partial charge < -0.3 is 0 Å². The van der Waals surface area contributed by atoms with Gasteiger partial charge in [-0.2, -0.15) is 0 Å². The average Bonchev–Trinajstić information content (AvgIpc) is 2.70. The lowest BCUT2D eigenvalue weighted by Gasteiger charge is -2.47. The lowest BCUT2D eigenvalue weighted by atomic mass is 9.74. The van der Waals surface area contributed by atoms with Crippen LogP contribution in [-0.4, -0.2) is 37.0 Å². The van der Waals surface area contributed by atoms with E-state index in [-0.39, 0.29) is 0 Å². The molecule has 2 aliphatic rings. The van der Waals surface area contributed by atoms with Crippen molar-refractivity contribution < 1.29 is 0 Å². The zero-order valence-electron chi connectivity index (χ0n) is 17.2. The van der Waals surface area contributed by atoms with Gasteiger partial charge in [0.2, 0.25) is 0 Å². The Hall–Kier alpha value is -1.64. The molecule has 2 unspecified atom stereocenters. The van der Waals surface area contributed by atoms with Crippen LogP contribution in [0, 0.1) is 5.92 Å². The highest BCUT2D eigenvalue weighted by atomic mass is 15.2. The van der Waals surface area contributed by atoms with E-state index in [1.807, 2.05) is 0 Å². The van der Waals surface area contributed by atoms with Gasteiger partial charge in [0.1, 0.15) is 0 Å². The van der Waals surface area contributed by atoms with Crippen molar-refractivity contribution in [1.82, 2.24) is 9.80 Å². The number of nitrogens with zero attached hydrogens (tertiary/aromatic N) is 2. The normalized spacial score (nSPS) is 24.3. The van der Waals surface area contributed by atoms with Gasteiger partial charge in [0.05, 0.1) is 0 Å². The summed E-state index contributed by atoms with van der Waals surface area (Å²) in [6.45, 7) is 4.67. The summed E-state index contributed by atoms with van der Waals surface area (Å²) in [5, 5.41) is 0. The topological polar surface area (TPSA) is 6.48 Å². The van der Waals surface area contributed by atoms with Crippen LogP contribution in [-0.2, 0) is 12.8 Å². The summed E-state index contributed by atoms with van der Waals surface area (Å²) in [5.41, 5.74) is 6.27. The maximum Gasteiger partial charge on any atom is 0.0394 e. The second kappa shape index (κ2) is 8.16. The van der Waals surface area contributed by atoms with Crippen LogP contribution in [0.4, 0.5) is 0 Å². The number of fused-ring (bicyclic) bond motifs is 2. The lowest BCUT2D eigenvalue weighted by Crippen LogP contribution is -2.44. The molecule has 0 aromatic heterocycles. The molecular weight excluding hydrogens is 328 g/mol. The fourth-order valence-electron chi connectivity index (χ4n) is 5.49. The molecule has 144 valence electrons. The van der Waals surface area contributed by atoms with E-state index in [9.17, 15) is 0 Å². The molecule has 0 saturated heterocycles. The molecular formula is C25H34N2. The first-order valence-electron chi connectivity index (χ1n) is 10.8. The molecule has 0 aliphatic carbocycles. The molecule has 2 heterocycles. The summed E-state index contributed by atoms with van der Waals surface area (Å²) in [5.74, 6) is 0.628. The zero-order chi connectivity index (χ0) is 18.8. The van der Waals surface area contributed by atoms with Crippen LogP contribution in [0.3, 0.4) is 0 Å². The van der Waals surface area contributed by atoms with Crippen LogP contribution < -0.4 is 0 Å². The Bertz CT molecular complexity index is 707. The highest BCUT2D eigenvalue weighted by Gasteiger charge is 2.39. The molecule has 0 N–H and O–H groups in total. The van der Waals surface area contributed by atoms with Crippen molar-refractivity contribution in [3.05, 3.63) is 70.8 Å². The van der Waals surface area contributed by atoms with Crippen molar-refractivity contribution in [2.45, 2.75) is 51.1 Å². The Morgan fingerprint density at radius 3 is 1.78 bits per heavy atom. The minimum Gasteiger partial charge on any atom is -0.299 e. The van der Waals surface area contributed by atoms with Crippen LogP contribution >= 0.6 is 0 Å². The number of unbranched alkanes of at least 4 members (excludes halogenated alkanes) is 1. The zero-order valence-corrected chi connectivity index (χ0v) is 17.2. The van der Waals surface area contributed by atoms with Gasteiger partial charge >= 0.3 is 0 Å². The molecule has 2 aliphatic heterocycles. The first-order valence-corrected chi connectivity index (χ1v) is 10.8. The Labute approximate surface area is 165 Å². The van der Waals surface area contributed by atoms with Crippen LogP contribution in [0.5, 0.6) is 0 Å². The number of hydrogen-bond donors (Lipinski definition) is 0. The fraction of sp³-hybridized carbons (Fsp3) is 0.520. The Morgan fingerprint density at radius 2 is 1.30 bits per heavy atom. The third-order valence-corrected chi connectivity index (χ3v) is 6.87. The second-order valence-corrected chi connectivity index (χ2v) is 8.55. The second-order valence-electron chi connectivity index (χ2n) is 8.55. The lowest BCUT2D eigenvalue weighted by molar-refractivity contribution is 0.0684. The maximum atomic E-state index is 2.63. The van der Waals surface area contributed by atoms with Gasteiger partial charge in [-0.15, -0.1) is 0 Å². The van der Waals surface area contributed by atoms with E-state index < -0.39 is 0 Å². The largest absolute Gasteiger partial charge is 0.299 e. The van der Waals surface area contributed by atoms with Crippen molar-refractivity contribution >= 4 is 0 Å². The van der Waals surface area contributed by atoms with Crippen LogP contribution in [0.15, 0.2) is 48.5 Å². The van der Waals surface area contributed by atoms with Crippen LogP contribution in [0.1, 0.15) is 60.5 Å². The molecule has 2 aromatic rings. The van der Waals surface area contributed by atoms with E-state index in [2.05, 4.69) is 79.3 Å². The molecule has 2 aromatic carbocycles.